The Morgan fingerprint density at radius 1 is 1.13 bits per heavy atom. The Hall–Kier alpha value is -2.75. The van der Waals surface area contributed by atoms with Crippen molar-refractivity contribution >= 4 is 17.3 Å². The highest BCUT2D eigenvalue weighted by Crippen LogP contribution is 2.23. The molecule has 23 heavy (non-hydrogen) atoms. The van der Waals surface area contributed by atoms with Gasteiger partial charge in [0.05, 0.1) is 7.11 Å². The van der Waals surface area contributed by atoms with E-state index in [4.69, 9.17) is 4.74 Å². The predicted molar refractivity (Wildman–Crippen MR) is 92.6 cm³/mol. The van der Waals surface area contributed by atoms with Gasteiger partial charge in [-0.1, -0.05) is 42.5 Å². The maximum Gasteiger partial charge on any atom is 0.322 e. The van der Waals surface area contributed by atoms with Crippen LogP contribution < -0.4 is 10.1 Å². The van der Waals surface area contributed by atoms with Gasteiger partial charge < -0.3 is 15.0 Å². The van der Waals surface area contributed by atoms with Crippen LogP contribution in [-0.2, 0) is 0 Å². The van der Waals surface area contributed by atoms with Crippen molar-refractivity contribution in [3.8, 4) is 5.75 Å². The summed E-state index contributed by atoms with van der Waals surface area (Å²) in [4.78, 5) is 14.2. The molecule has 2 amide bonds. The molecule has 1 heterocycles. The molecule has 4 nitrogen and oxygen atoms in total. The normalized spacial score (nSPS) is 14.1. The Kier molecular flexibility index (Phi) is 4.62. The number of rotatable bonds is 3. The molecular weight excluding hydrogens is 288 g/mol. The Morgan fingerprint density at radius 2 is 1.96 bits per heavy atom. The molecule has 0 saturated carbocycles. The van der Waals surface area contributed by atoms with Gasteiger partial charge in [0.1, 0.15) is 5.75 Å². The molecule has 0 aliphatic carbocycles. The van der Waals surface area contributed by atoms with Crippen LogP contribution in [0.2, 0.25) is 0 Å². The molecule has 0 saturated heterocycles. The van der Waals surface area contributed by atoms with Crippen LogP contribution in [0.3, 0.4) is 0 Å². The topological polar surface area (TPSA) is 41.6 Å². The number of anilines is 1. The van der Waals surface area contributed by atoms with Crippen LogP contribution in [0.25, 0.3) is 5.57 Å². The van der Waals surface area contributed by atoms with E-state index in [9.17, 15) is 4.79 Å². The van der Waals surface area contributed by atoms with Gasteiger partial charge in [-0.3, -0.25) is 0 Å². The summed E-state index contributed by atoms with van der Waals surface area (Å²) in [6.07, 6.45) is 3.00. The number of nitrogens with one attached hydrogen (secondary N) is 1. The number of hydrogen-bond donors (Lipinski definition) is 1. The third kappa shape index (κ3) is 3.72. The van der Waals surface area contributed by atoms with Crippen molar-refractivity contribution < 1.29 is 9.53 Å². The van der Waals surface area contributed by atoms with Crippen LogP contribution in [-0.4, -0.2) is 31.1 Å². The second kappa shape index (κ2) is 7.01. The van der Waals surface area contributed by atoms with E-state index in [0.29, 0.717) is 6.54 Å². The maximum atomic E-state index is 12.4. The molecule has 0 spiro atoms. The van der Waals surface area contributed by atoms with Crippen molar-refractivity contribution in [3.05, 3.63) is 66.2 Å². The molecule has 1 N–H and O–H groups in total. The van der Waals surface area contributed by atoms with Crippen molar-refractivity contribution in [3.63, 3.8) is 0 Å². The minimum atomic E-state index is -0.0818. The van der Waals surface area contributed by atoms with Crippen molar-refractivity contribution in [1.29, 1.82) is 0 Å². The van der Waals surface area contributed by atoms with E-state index >= 15 is 0 Å². The van der Waals surface area contributed by atoms with Gasteiger partial charge in [-0.2, -0.15) is 0 Å². The third-order valence-corrected chi connectivity index (χ3v) is 3.96. The molecule has 0 radical (unpaired) electrons. The molecule has 1 aliphatic rings. The number of hydrogen-bond acceptors (Lipinski definition) is 2. The number of nitrogens with zero attached hydrogens (tertiary/aromatic N) is 1. The molecule has 0 fully saturated rings. The smallest absolute Gasteiger partial charge is 0.322 e. The zero-order valence-electron chi connectivity index (χ0n) is 13.2. The molecule has 0 aromatic heterocycles. The molecular formula is C19H20N2O2. The maximum absolute atomic E-state index is 12.4. The van der Waals surface area contributed by atoms with Crippen molar-refractivity contribution in [1.82, 2.24) is 4.90 Å². The van der Waals surface area contributed by atoms with Crippen LogP contribution >= 0.6 is 0 Å². The van der Waals surface area contributed by atoms with Gasteiger partial charge in [0.25, 0.3) is 0 Å². The first kappa shape index (κ1) is 15.2. The lowest BCUT2D eigenvalue weighted by Gasteiger charge is -2.27. The van der Waals surface area contributed by atoms with Crippen LogP contribution in [0.4, 0.5) is 10.5 Å². The molecule has 1 aliphatic heterocycles. The summed E-state index contributed by atoms with van der Waals surface area (Å²) in [7, 11) is 1.61. The first-order valence-electron chi connectivity index (χ1n) is 7.71. The van der Waals surface area contributed by atoms with Gasteiger partial charge in [0.15, 0.2) is 0 Å². The zero-order chi connectivity index (χ0) is 16.1. The fourth-order valence-electron chi connectivity index (χ4n) is 2.67. The fraction of sp³-hybridized carbons (Fsp3) is 0.211. The van der Waals surface area contributed by atoms with Gasteiger partial charge >= 0.3 is 6.03 Å². The van der Waals surface area contributed by atoms with E-state index in [0.717, 1.165) is 24.4 Å². The molecule has 2 aromatic carbocycles. The van der Waals surface area contributed by atoms with Crippen LogP contribution in [0.1, 0.15) is 12.0 Å². The average Bonchev–Trinajstić information content (AvgIpc) is 2.63. The van der Waals surface area contributed by atoms with E-state index in [1.165, 1.54) is 11.1 Å². The largest absolute Gasteiger partial charge is 0.497 e. The summed E-state index contributed by atoms with van der Waals surface area (Å²) < 4.78 is 5.17. The molecule has 3 rings (SSSR count). The number of urea groups is 1. The van der Waals surface area contributed by atoms with Gasteiger partial charge in [0.2, 0.25) is 0 Å². The van der Waals surface area contributed by atoms with E-state index in [2.05, 4.69) is 23.5 Å². The monoisotopic (exact) mass is 308 g/mol. The van der Waals surface area contributed by atoms with Gasteiger partial charge in [0, 0.05) is 24.8 Å². The Bertz CT molecular complexity index is 710. The highest BCUT2D eigenvalue weighted by atomic mass is 16.5. The summed E-state index contributed by atoms with van der Waals surface area (Å²) in [5, 5.41) is 2.92. The molecule has 118 valence electrons. The Morgan fingerprint density at radius 3 is 2.65 bits per heavy atom. The summed E-state index contributed by atoms with van der Waals surface area (Å²) in [5.74, 6) is 0.729. The van der Waals surface area contributed by atoms with Crippen LogP contribution in [0.5, 0.6) is 5.75 Å². The Labute approximate surface area is 136 Å². The highest BCUT2D eigenvalue weighted by Gasteiger charge is 2.17. The van der Waals surface area contributed by atoms with Crippen molar-refractivity contribution in [2.45, 2.75) is 6.42 Å². The molecule has 0 bridgehead atoms. The van der Waals surface area contributed by atoms with Crippen molar-refractivity contribution in [2.24, 2.45) is 0 Å². The number of carbonyl (C=O) groups is 1. The summed E-state index contributed by atoms with van der Waals surface area (Å²) in [6, 6.07) is 17.6. The lowest BCUT2D eigenvalue weighted by molar-refractivity contribution is 0.217. The number of carbonyl (C=O) groups excluding carboxylic acids is 1. The van der Waals surface area contributed by atoms with E-state index < -0.39 is 0 Å². The molecule has 4 heteroatoms. The predicted octanol–water partition coefficient (Wildman–Crippen LogP) is 4.02. The van der Waals surface area contributed by atoms with E-state index in [1.54, 1.807) is 7.11 Å². The molecule has 2 aromatic rings. The van der Waals surface area contributed by atoms with Crippen LogP contribution in [0.15, 0.2) is 60.7 Å². The summed E-state index contributed by atoms with van der Waals surface area (Å²) >= 11 is 0. The fourth-order valence-corrected chi connectivity index (χ4v) is 2.67. The van der Waals surface area contributed by atoms with Gasteiger partial charge in [-0.05, 0) is 29.7 Å². The van der Waals surface area contributed by atoms with Crippen LogP contribution in [0, 0.1) is 0 Å². The molecule has 0 atom stereocenters. The quantitative estimate of drug-likeness (QED) is 0.930. The number of amides is 2. The van der Waals surface area contributed by atoms with E-state index in [1.807, 2.05) is 47.4 Å². The number of benzene rings is 2. The minimum Gasteiger partial charge on any atom is -0.497 e. The van der Waals surface area contributed by atoms with Gasteiger partial charge in [-0.25, -0.2) is 4.79 Å². The number of ether oxygens (including phenoxy) is 1. The zero-order valence-corrected chi connectivity index (χ0v) is 13.2. The van der Waals surface area contributed by atoms with Gasteiger partial charge in [-0.15, -0.1) is 0 Å². The number of methoxy groups -OCH3 is 1. The first-order valence-corrected chi connectivity index (χ1v) is 7.71. The summed E-state index contributed by atoms with van der Waals surface area (Å²) in [6.45, 7) is 1.34. The average molecular weight is 308 g/mol. The highest BCUT2D eigenvalue weighted by molar-refractivity contribution is 5.90. The molecule has 0 unspecified atom stereocenters. The van der Waals surface area contributed by atoms with E-state index in [-0.39, 0.29) is 6.03 Å². The lowest BCUT2D eigenvalue weighted by atomic mass is 10.00. The first-order chi connectivity index (χ1) is 11.3. The van der Waals surface area contributed by atoms with Crippen molar-refractivity contribution in [2.75, 3.05) is 25.5 Å². The standard InChI is InChI=1S/C19H20N2O2/c1-23-18-9-5-8-17(14-18)20-19(22)21-12-10-16(11-13-21)15-6-3-2-4-7-15/h2-10,14H,11-13H2,1H3,(H,20,22). The Balaban J connectivity index is 1.63. The second-order valence-corrected chi connectivity index (χ2v) is 5.45. The third-order valence-electron chi connectivity index (χ3n) is 3.96. The SMILES string of the molecule is COc1cccc(NC(=O)N2CC=C(c3ccccc3)CC2)c1. The second-order valence-electron chi connectivity index (χ2n) is 5.45. The summed E-state index contributed by atoms with van der Waals surface area (Å²) in [5.41, 5.74) is 3.28. The lowest BCUT2D eigenvalue weighted by Crippen LogP contribution is -2.37. The minimum absolute atomic E-state index is 0.0818.